The molecule has 106 valence electrons. The summed E-state index contributed by atoms with van der Waals surface area (Å²) in [6.45, 7) is 0.294. The molecule has 1 saturated heterocycles. The number of hydrogen-bond donors (Lipinski definition) is 2. The SMILES string of the molecule is O=C(NCC(O)c1cc2ccccc2s1)C1CCCS1. The second kappa shape index (κ2) is 6.16. The van der Waals surface area contributed by atoms with Gasteiger partial charge in [-0.05, 0) is 36.1 Å². The molecule has 0 radical (unpaired) electrons. The van der Waals surface area contributed by atoms with Crippen molar-refractivity contribution in [1.29, 1.82) is 0 Å². The van der Waals surface area contributed by atoms with Crippen LogP contribution in [0.5, 0.6) is 0 Å². The molecule has 3 nitrogen and oxygen atoms in total. The average Bonchev–Trinajstić information content (AvgIpc) is 3.12. The minimum absolute atomic E-state index is 0.0626. The Balaban J connectivity index is 1.60. The topological polar surface area (TPSA) is 49.3 Å². The first kappa shape index (κ1) is 13.9. The van der Waals surface area contributed by atoms with Crippen molar-refractivity contribution < 1.29 is 9.90 Å². The Morgan fingerprint density at radius 1 is 1.45 bits per heavy atom. The van der Waals surface area contributed by atoms with E-state index < -0.39 is 6.10 Å². The molecule has 1 aliphatic heterocycles. The van der Waals surface area contributed by atoms with Crippen molar-refractivity contribution in [2.75, 3.05) is 12.3 Å². The molecule has 0 spiro atoms. The number of nitrogens with one attached hydrogen (secondary N) is 1. The lowest BCUT2D eigenvalue weighted by Gasteiger charge is -2.13. The third kappa shape index (κ3) is 3.00. The van der Waals surface area contributed by atoms with E-state index in [-0.39, 0.29) is 11.2 Å². The van der Waals surface area contributed by atoms with Gasteiger partial charge in [0.25, 0.3) is 0 Å². The van der Waals surface area contributed by atoms with Gasteiger partial charge < -0.3 is 10.4 Å². The second-order valence-electron chi connectivity index (χ2n) is 4.95. The third-order valence-corrected chi connectivity index (χ3v) is 6.06. The molecule has 2 atom stereocenters. The zero-order chi connectivity index (χ0) is 13.9. The summed E-state index contributed by atoms with van der Waals surface area (Å²) in [6.07, 6.45) is 1.44. The number of carbonyl (C=O) groups excluding carboxylic acids is 1. The fourth-order valence-electron chi connectivity index (χ4n) is 2.36. The van der Waals surface area contributed by atoms with Crippen LogP contribution in [0, 0.1) is 0 Å². The lowest BCUT2D eigenvalue weighted by molar-refractivity contribution is -0.121. The lowest BCUT2D eigenvalue weighted by Crippen LogP contribution is -2.34. The van der Waals surface area contributed by atoms with Gasteiger partial charge in [-0.3, -0.25) is 4.79 Å². The summed E-state index contributed by atoms with van der Waals surface area (Å²) in [4.78, 5) is 12.8. The minimum atomic E-state index is -0.622. The van der Waals surface area contributed by atoms with Gasteiger partial charge in [0.15, 0.2) is 0 Å². The Labute approximate surface area is 126 Å². The van der Waals surface area contributed by atoms with Gasteiger partial charge in [-0.2, -0.15) is 0 Å². The van der Waals surface area contributed by atoms with E-state index in [2.05, 4.69) is 5.32 Å². The van der Waals surface area contributed by atoms with E-state index in [4.69, 9.17) is 0 Å². The molecule has 1 aliphatic rings. The summed E-state index contributed by atoms with van der Waals surface area (Å²) in [7, 11) is 0. The third-order valence-electron chi connectivity index (χ3n) is 3.46. The average molecular weight is 307 g/mol. The molecule has 1 aromatic heterocycles. The summed E-state index contributed by atoms with van der Waals surface area (Å²) in [5, 5.41) is 14.3. The van der Waals surface area contributed by atoms with E-state index in [9.17, 15) is 9.90 Å². The molecule has 5 heteroatoms. The van der Waals surface area contributed by atoms with Crippen LogP contribution in [0.3, 0.4) is 0 Å². The molecule has 0 aliphatic carbocycles. The Morgan fingerprint density at radius 2 is 2.30 bits per heavy atom. The van der Waals surface area contributed by atoms with E-state index in [0.29, 0.717) is 6.54 Å². The highest BCUT2D eigenvalue weighted by atomic mass is 32.2. The quantitative estimate of drug-likeness (QED) is 0.913. The molecule has 2 unspecified atom stereocenters. The molecule has 1 fully saturated rings. The molecular formula is C15H17NO2S2. The van der Waals surface area contributed by atoms with Gasteiger partial charge in [-0.1, -0.05) is 18.2 Å². The number of hydrogen-bond acceptors (Lipinski definition) is 4. The van der Waals surface area contributed by atoms with Crippen molar-refractivity contribution >= 4 is 39.1 Å². The molecule has 2 heterocycles. The Bertz CT molecular complexity index is 572. The highest BCUT2D eigenvalue weighted by Crippen LogP contribution is 2.30. The number of carbonyl (C=O) groups is 1. The zero-order valence-electron chi connectivity index (χ0n) is 11.0. The van der Waals surface area contributed by atoms with Gasteiger partial charge in [-0.25, -0.2) is 0 Å². The monoisotopic (exact) mass is 307 g/mol. The van der Waals surface area contributed by atoms with E-state index in [1.54, 1.807) is 23.1 Å². The number of aliphatic hydroxyl groups is 1. The summed E-state index contributed by atoms with van der Waals surface area (Å²) >= 11 is 3.29. The Hall–Kier alpha value is -1.04. The van der Waals surface area contributed by atoms with Crippen LogP contribution in [-0.4, -0.2) is 28.6 Å². The summed E-state index contributed by atoms with van der Waals surface area (Å²) in [5.74, 6) is 1.13. The van der Waals surface area contributed by atoms with Gasteiger partial charge >= 0.3 is 0 Å². The van der Waals surface area contributed by atoms with Crippen LogP contribution in [0.2, 0.25) is 0 Å². The van der Waals surface area contributed by atoms with Crippen LogP contribution < -0.4 is 5.32 Å². The van der Waals surface area contributed by atoms with Crippen molar-refractivity contribution in [3.63, 3.8) is 0 Å². The van der Waals surface area contributed by atoms with Gasteiger partial charge in [0.1, 0.15) is 6.10 Å². The maximum atomic E-state index is 11.9. The van der Waals surface area contributed by atoms with Crippen LogP contribution in [0.25, 0.3) is 10.1 Å². The molecule has 1 aromatic carbocycles. The number of fused-ring (bicyclic) bond motifs is 1. The summed E-state index contributed by atoms with van der Waals surface area (Å²) in [6, 6.07) is 10.1. The second-order valence-corrected chi connectivity index (χ2v) is 7.38. The Morgan fingerprint density at radius 3 is 3.05 bits per heavy atom. The normalized spacial score (nSPS) is 20.1. The molecule has 0 saturated carbocycles. The molecular weight excluding hydrogens is 290 g/mol. The molecule has 2 N–H and O–H groups in total. The van der Waals surface area contributed by atoms with E-state index in [1.165, 1.54) is 4.70 Å². The van der Waals surface area contributed by atoms with Crippen molar-refractivity contribution in [3.05, 3.63) is 35.2 Å². The summed E-state index contributed by atoms with van der Waals surface area (Å²) in [5.41, 5.74) is 0. The molecule has 3 rings (SSSR count). The van der Waals surface area contributed by atoms with Crippen LogP contribution in [-0.2, 0) is 4.79 Å². The highest BCUT2D eigenvalue weighted by molar-refractivity contribution is 8.00. The Kier molecular flexibility index (Phi) is 4.29. The minimum Gasteiger partial charge on any atom is -0.386 e. The van der Waals surface area contributed by atoms with Gasteiger partial charge in [0, 0.05) is 16.1 Å². The van der Waals surface area contributed by atoms with E-state index >= 15 is 0 Å². The van der Waals surface area contributed by atoms with E-state index in [1.807, 2.05) is 30.3 Å². The predicted molar refractivity (Wildman–Crippen MR) is 85.3 cm³/mol. The summed E-state index contributed by atoms with van der Waals surface area (Å²) < 4.78 is 1.17. The van der Waals surface area contributed by atoms with Gasteiger partial charge in [0.2, 0.25) is 5.91 Å². The number of aliphatic hydroxyl groups excluding tert-OH is 1. The first-order valence-electron chi connectivity index (χ1n) is 6.80. The molecule has 20 heavy (non-hydrogen) atoms. The number of thiophene rings is 1. The lowest BCUT2D eigenvalue weighted by atomic mass is 10.2. The maximum absolute atomic E-state index is 11.9. The van der Waals surface area contributed by atoms with Crippen molar-refractivity contribution in [2.45, 2.75) is 24.2 Å². The molecule has 0 bridgehead atoms. The van der Waals surface area contributed by atoms with Gasteiger partial charge in [-0.15, -0.1) is 23.1 Å². The van der Waals surface area contributed by atoms with Gasteiger partial charge in [0.05, 0.1) is 5.25 Å². The maximum Gasteiger partial charge on any atom is 0.233 e. The van der Waals surface area contributed by atoms with E-state index in [0.717, 1.165) is 28.9 Å². The van der Waals surface area contributed by atoms with Crippen LogP contribution in [0.15, 0.2) is 30.3 Å². The van der Waals surface area contributed by atoms with Crippen molar-refractivity contribution in [3.8, 4) is 0 Å². The van der Waals surface area contributed by atoms with Crippen LogP contribution in [0.1, 0.15) is 23.8 Å². The number of amides is 1. The van der Waals surface area contributed by atoms with Crippen LogP contribution >= 0.6 is 23.1 Å². The fourth-order valence-corrected chi connectivity index (χ4v) is 4.60. The number of thioether (sulfide) groups is 1. The highest BCUT2D eigenvalue weighted by Gasteiger charge is 2.23. The van der Waals surface area contributed by atoms with Crippen LogP contribution in [0.4, 0.5) is 0 Å². The first-order chi connectivity index (χ1) is 9.74. The van der Waals surface area contributed by atoms with Crippen molar-refractivity contribution in [2.24, 2.45) is 0 Å². The van der Waals surface area contributed by atoms with Crippen molar-refractivity contribution in [1.82, 2.24) is 5.32 Å². The smallest absolute Gasteiger partial charge is 0.233 e. The number of rotatable bonds is 4. The number of benzene rings is 1. The standard InChI is InChI=1S/C15H17NO2S2/c17-11(9-16-15(18)13-6-3-7-19-13)14-8-10-4-1-2-5-12(10)20-14/h1-2,4-5,8,11,13,17H,3,6-7,9H2,(H,16,18). The fraction of sp³-hybridized carbons (Fsp3) is 0.400. The molecule has 1 amide bonds. The predicted octanol–water partition coefficient (Wildman–Crippen LogP) is 2.95. The largest absolute Gasteiger partial charge is 0.386 e. The molecule has 2 aromatic rings. The zero-order valence-corrected chi connectivity index (χ0v) is 12.7. The first-order valence-corrected chi connectivity index (χ1v) is 8.66.